The predicted molar refractivity (Wildman–Crippen MR) is 90.6 cm³/mol. The molecule has 0 atom stereocenters. The average molecular weight is 316 g/mol. The van der Waals surface area contributed by atoms with Crippen molar-refractivity contribution in [1.29, 1.82) is 0 Å². The number of aromatic nitrogens is 1. The van der Waals surface area contributed by atoms with E-state index in [9.17, 15) is 4.79 Å². The molecule has 1 aromatic carbocycles. The first-order valence-corrected chi connectivity index (χ1v) is 8.32. The van der Waals surface area contributed by atoms with E-state index in [0.29, 0.717) is 11.7 Å². The van der Waals surface area contributed by atoms with Crippen LogP contribution >= 0.6 is 11.3 Å². The van der Waals surface area contributed by atoms with E-state index in [1.54, 1.807) is 6.20 Å². The van der Waals surface area contributed by atoms with Gasteiger partial charge in [-0.05, 0) is 18.6 Å². The Morgan fingerprint density at radius 1 is 1.27 bits per heavy atom. The maximum absolute atomic E-state index is 12.0. The molecule has 116 valence electrons. The Morgan fingerprint density at radius 2 is 2.05 bits per heavy atom. The molecule has 1 amide bonds. The maximum Gasteiger partial charge on any atom is 0.240 e. The summed E-state index contributed by atoms with van der Waals surface area (Å²) in [7, 11) is 0. The van der Waals surface area contributed by atoms with Crippen molar-refractivity contribution in [3.05, 3.63) is 41.4 Å². The Hall–Kier alpha value is -1.92. The van der Waals surface area contributed by atoms with E-state index in [4.69, 9.17) is 0 Å². The third-order valence-corrected chi connectivity index (χ3v) is 4.56. The zero-order valence-corrected chi connectivity index (χ0v) is 13.5. The normalized spacial score (nSPS) is 15.8. The van der Waals surface area contributed by atoms with Crippen LogP contribution in [0.5, 0.6) is 0 Å². The Kier molecular flexibility index (Phi) is 4.70. The van der Waals surface area contributed by atoms with E-state index in [0.717, 1.165) is 26.2 Å². The highest BCUT2D eigenvalue weighted by atomic mass is 32.1. The molecule has 0 unspecified atom stereocenters. The number of nitrogens with zero attached hydrogens (tertiary/aromatic N) is 3. The number of hydrogen-bond acceptors (Lipinski definition) is 5. The molecule has 2 heterocycles. The molecule has 1 N–H and O–H groups in total. The van der Waals surface area contributed by atoms with Crippen molar-refractivity contribution in [3.63, 3.8) is 0 Å². The van der Waals surface area contributed by atoms with Crippen LogP contribution in [0.2, 0.25) is 0 Å². The van der Waals surface area contributed by atoms with Gasteiger partial charge in [0.1, 0.15) is 0 Å². The number of para-hydroxylation sites is 1. The number of benzene rings is 1. The third-order valence-electron chi connectivity index (χ3n) is 3.87. The lowest BCUT2D eigenvalue weighted by atomic mass is 10.1. The lowest BCUT2D eigenvalue weighted by Gasteiger charge is -2.36. The average Bonchev–Trinajstić information content (AvgIpc) is 3.01. The molecule has 1 aliphatic heterocycles. The van der Waals surface area contributed by atoms with Crippen molar-refractivity contribution in [2.24, 2.45) is 0 Å². The van der Waals surface area contributed by atoms with E-state index in [1.165, 1.54) is 22.6 Å². The quantitative estimate of drug-likeness (QED) is 0.939. The van der Waals surface area contributed by atoms with Gasteiger partial charge in [-0.15, -0.1) is 11.3 Å². The molecule has 2 aromatic rings. The second-order valence-corrected chi connectivity index (χ2v) is 6.33. The van der Waals surface area contributed by atoms with Crippen molar-refractivity contribution < 1.29 is 4.79 Å². The van der Waals surface area contributed by atoms with Crippen molar-refractivity contribution in [2.45, 2.75) is 6.92 Å². The van der Waals surface area contributed by atoms with Crippen LogP contribution < -0.4 is 10.2 Å². The van der Waals surface area contributed by atoms with E-state index < -0.39 is 0 Å². The topological polar surface area (TPSA) is 48.5 Å². The van der Waals surface area contributed by atoms with Gasteiger partial charge in [-0.1, -0.05) is 18.2 Å². The lowest BCUT2D eigenvalue weighted by molar-refractivity contribution is -0.117. The molecule has 22 heavy (non-hydrogen) atoms. The van der Waals surface area contributed by atoms with E-state index in [1.807, 2.05) is 5.38 Å². The van der Waals surface area contributed by atoms with Gasteiger partial charge in [-0.3, -0.25) is 9.69 Å². The van der Waals surface area contributed by atoms with E-state index in [2.05, 4.69) is 51.3 Å². The molecule has 0 bridgehead atoms. The molecule has 0 saturated carbocycles. The zero-order chi connectivity index (χ0) is 15.4. The zero-order valence-electron chi connectivity index (χ0n) is 12.7. The summed E-state index contributed by atoms with van der Waals surface area (Å²) in [6.07, 6.45) is 1.70. The van der Waals surface area contributed by atoms with Crippen molar-refractivity contribution in [1.82, 2.24) is 9.88 Å². The summed E-state index contributed by atoms with van der Waals surface area (Å²) in [5.74, 6) is 0.0132. The first-order valence-electron chi connectivity index (χ1n) is 7.44. The molecule has 1 saturated heterocycles. The van der Waals surface area contributed by atoms with Gasteiger partial charge in [0.25, 0.3) is 0 Å². The number of amides is 1. The molecule has 1 aliphatic rings. The summed E-state index contributed by atoms with van der Waals surface area (Å²) < 4.78 is 0. The first-order chi connectivity index (χ1) is 10.7. The molecule has 5 nitrogen and oxygen atoms in total. The fraction of sp³-hybridized carbons (Fsp3) is 0.375. The Bertz CT molecular complexity index is 621. The molecule has 0 spiro atoms. The van der Waals surface area contributed by atoms with Gasteiger partial charge in [-0.25, -0.2) is 4.98 Å². The summed E-state index contributed by atoms with van der Waals surface area (Å²) >= 11 is 1.44. The van der Waals surface area contributed by atoms with Crippen LogP contribution in [0.25, 0.3) is 0 Å². The minimum atomic E-state index is 0.0132. The molecule has 1 aromatic heterocycles. The number of aryl methyl sites for hydroxylation is 1. The monoisotopic (exact) mass is 316 g/mol. The summed E-state index contributed by atoms with van der Waals surface area (Å²) in [6.45, 7) is 6.29. The summed E-state index contributed by atoms with van der Waals surface area (Å²) in [5.41, 5.74) is 2.60. The van der Waals surface area contributed by atoms with Crippen LogP contribution in [0.1, 0.15) is 5.56 Å². The number of hydrogen-bond donors (Lipinski definition) is 1. The largest absolute Gasteiger partial charge is 0.369 e. The first kappa shape index (κ1) is 15.0. The van der Waals surface area contributed by atoms with Crippen molar-refractivity contribution in [3.8, 4) is 0 Å². The van der Waals surface area contributed by atoms with Gasteiger partial charge < -0.3 is 10.2 Å². The van der Waals surface area contributed by atoms with Crippen molar-refractivity contribution in [2.75, 3.05) is 42.9 Å². The highest BCUT2D eigenvalue weighted by Crippen LogP contribution is 2.20. The summed E-state index contributed by atoms with van der Waals surface area (Å²) in [4.78, 5) is 20.6. The number of carbonyl (C=O) groups excluding carboxylic acids is 1. The van der Waals surface area contributed by atoms with E-state index >= 15 is 0 Å². The van der Waals surface area contributed by atoms with Gasteiger partial charge in [0, 0.05) is 43.4 Å². The molecule has 1 fully saturated rings. The Balaban J connectivity index is 1.49. The van der Waals surface area contributed by atoms with Gasteiger partial charge in [0.2, 0.25) is 5.91 Å². The standard InChI is InChI=1S/C16H20N4OS/c1-13-4-2-3-5-14(13)20-9-7-19(8-10-20)12-15(21)18-16-17-6-11-22-16/h2-6,11H,7-10,12H2,1H3,(H,17,18,21). The van der Waals surface area contributed by atoms with Gasteiger partial charge in [0.05, 0.1) is 6.54 Å². The lowest BCUT2D eigenvalue weighted by Crippen LogP contribution is -2.48. The Morgan fingerprint density at radius 3 is 2.73 bits per heavy atom. The van der Waals surface area contributed by atoms with Gasteiger partial charge >= 0.3 is 0 Å². The van der Waals surface area contributed by atoms with Gasteiger partial charge in [0.15, 0.2) is 5.13 Å². The number of anilines is 2. The minimum absolute atomic E-state index is 0.0132. The predicted octanol–water partition coefficient (Wildman–Crippen LogP) is 2.21. The molecular formula is C16H20N4OS. The fourth-order valence-corrected chi connectivity index (χ4v) is 3.26. The highest BCUT2D eigenvalue weighted by Gasteiger charge is 2.20. The number of carbonyl (C=O) groups is 1. The molecule has 6 heteroatoms. The SMILES string of the molecule is Cc1ccccc1N1CCN(CC(=O)Nc2nccs2)CC1. The molecule has 0 radical (unpaired) electrons. The number of thiazole rings is 1. The van der Waals surface area contributed by atoms with Gasteiger partial charge in [-0.2, -0.15) is 0 Å². The number of rotatable bonds is 4. The Labute approximate surface area is 134 Å². The van der Waals surface area contributed by atoms with Crippen LogP contribution in [-0.2, 0) is 4.79 Å². The molecular weight excluding hydrogens is 296 g/mol. The summed E-state index contributed by atoms with van der Waals surface area (Å²) in [6, 6.07) is 8.46. The second-order valence-electron chi connectivity index (χ2n) is 5.44. The fourth-order valence-electron chi connectivity index (χ4n) is 2.71. The second kappa shape index (κ2) is 6.89. The molecule has 0 aliphatic carbocycles. The number of nitrogens with one attached hydrogen (secondary N) is 1. The third kappa shape index (κ3) is 3.64. The number of piperazine rings is 1. The van der Waals surface area contributed by atoms with Crippen LogP contribution in [0.3, 0.4) is 0 Å². The van der Waals surface area contributed by atoms with Crippen LogP contribution in [0.15, 0.2) is 35.8 Å². The highest BCUT2D eigenvalue weighted by molar-refractivity contribution is 7.13. The van der Waals surface area contributed by atoms with Crippen LogP contribution in [0, 0.1) is 6.92 Å². The summed E-state index contributed by atoms with van der Waals surface area (Å²) in [5, 5.41) is 5.36. The smallest absolute Gasteiger partial charge is 0.240 e. The minimum Gasteiger partial charge on any atom is -0.369 e. The maximum atomic E-state index is 12.0. The van der Waals surface area contributed by atoms with Crippen LogP contribution in [-0.4, -0.2) is 48.5 Å². The van der Waals surface area contributed by atoms with Crippen molar-refractivity contribution >= 4 is 28.1 Å². The van der Waals surface area contributed by atoms with E-state index in [-0.39, 0.29) is 5.91 Å². The molecule has 3 rings (SSSR count). The van der Waals surface area contributed by atoms with Crippen LogP contribution in [0.4, 0.5) is 10.8 Å².